The second-order valence-electron chi connectivity index (χ2n) is 14.0. The molecule has 6 rings (SSSR count). The molecule has 1 amide bonds. The summed E-state index contributed by atoms with van der Waals surface area (Å²) in [4.78, 5) is 28.1. The van der Waals surface area contributed by atoms with Gasteiger partial charge in [-0.2, -0.15) is 0 Å². The Kier molecular flexibility index (Phi) is 13.6. The standard InChI is InChI=1S/C43H51N3O6/c47-31-33-17-19-35(20-18-33)40-27-39(30-46-23-21-45(22-24-46)29-32-9-3-1-4-10-32)51-43(52-40)38-14-8-13-37(26-38)36-12-7-11-34(25-36)28-44-41(48)15-5-2-6-16-42(49)50/h1,3-4,7-14,17-20,25-26,39-40,43,47H,2,5-6,15-16,21-24,27-31H2,(H,44,48)(H,49,50). The number of aliphatic hydroxyl groups excluding tert-OH is 1. The number of amides is 1. The smallest absolute Gasteiger partial charge is 0.303 e. The Hall–Kier alpha value is -4.38. The molecular weight excluding hydrogens is 654 g/mol. The van der Waals surface area contributed by atoms with Crippen LogP contribution in [-0.2, 0) is 38.8 Å². The molecule has 0 aromatic heterocycles. The molecule has 52 heavy (non-hydrogen) atoms. The molecule has 274 valence electrons. The van der Waals surface area contributed by atoms with E-state index >= 15 is 0 Å². The van der Waals surface area contributed by atoms with Crippen molar-refractivity contribution >= 4 is 11.9 Å². The van der Waals surface area contributed by atoms with Gasteiger partial charge in [-0.1, -0.05) is 97.4 Å². The molecule has 3 N–H and O–H groups in total. The zero-order chi connectivity index (χ0) is 36.1. The van der Waals surface area contributed by atoms with Crippen molar-refractivity contribution in [1.82, 2.24) is 15.1 Å². The average molecular weight is 706 g/mol. The van der Waals surface area contributed by atoms with Gasteiger partial charge in [0.25, 0.3) is 0 Å². The predicted octanol–water partition coefficient (Wildman–Crippen LogP) is 6.86. The normalized spacial score (nSPS) is 19.7. The summed E-state index contributed by atoms with van der Waals surface area (Å²) >= 11 is 0. The van der Waals surface area contributed by atoms with Gasteiger partial charge in [0.1, 0.15) is 0 Å². The SMILES string of the molecule is O=C(O)CCCCCC(=O)NCc1cccc(-c2cccc(C3OC(CN4CCN(Cc5ccccc5)CC4)CC(c4ccc(CO)cc4)O3)c2)c1. The number of piperazine rings is 1. The first kappa shape index (κ1) is 37.4. The maximum Gasteiger partial charge on any atom is 0.303 e. The Labute approximate surface area is 307 Å². The molecule has 0 saturated carbocycles. The second kappa shape index (κ2) is 18.9. The second-order valence-corrected chi connectivity index (χ2v) is 14.0. The predicted molar refractivity (Wildman–Crippen MR) is 201 cm³/mol. The lowest BCUT2D eigenvalue weighted by atomic mass is 9.98. The van der Waals surface area contributed by atoms with E-state index in [4.69, 9.17) is 14.6 Å². The maximum absolute atomic E-state index is 12.4. The molecule has 9 nitrogen and oxygen atoms in total. The minimum absolute atomic E-state index is 0.00690. The largest absolute Gasteiger partial charge is 0.481 e. The van der Waals surface area contributed by atoms with Gasteiger partial charge >= 0.3 is 5.97 Å². The van der Waals surface area contributed by atoms with E-state index in [0.29, 0.717) is 25.8 Å². The van der Waals surface area contributed by atoms with Crippen LogP contribution in [0.2, 0.25) is 0 Å². The van der Waals surface area contributed by atoms with Gasteiger partial charge in [-0.15, -0.1) is 0 Å². The molecule has 9 heteroatoms. The van der Waals surface area contributed by atoms with Crippen LogP contribution in [0, 0.1) is 0 Å². The Bertz CT molecular complexity index is 1720. The Morgan fingerprint density at radius 3 is 2.13 bits per heavy atom. The number of hydrogen-bond acceptors (Lipinski definition) is 7. The van der Waals surface area contributed by atoms with E-state index in [2.05, 4.69) is 87.9 Å². The summed E-state index contributed by atoms with van der Waals surface area (Å²) in [5, 5.41) is 21.4. The number of carbonyl (C=O) groups excluding carboxylic acids is 1. The van der Waals surface area contributed by atoms with Crippen LogP contribution >= 0.6 is 0 Å². The lowest BCUT2D eigenvalue weighted by Crippen LogP contribution is -2.49. The van der Waals surface area contributed by atoms with Gasteiger partial charge < -0.3 is 25.0 Å². The van der Waals surface area contributed by atoms with Gasteiger partial charge in [-0.3, -0.25) is 19.4 Å². The number of benzene rings is 4. The average Bonchev–Trinajstić information content (AvgIpc) is 3.18. The molecule has 4 aromatic rings. The van der Waals surface area contributed by atoms with Crippen molar-refractivity contribution in [2.45, 2.75) is 76.7 Å². The van der Waals surface area contributed by atoms with Crippen molar-refractivity contribution in [3.63, 3.8) is 0 Å². The molecule has 3 atom stereocenters. The molecule has 0 spiro atoms. The Morgan fingerprint density at radius 1 is 0.692 bits per heavy atom. The number of carbonyl (C=O) groups is 2. The highest BCUT2D eigenvalue weighted by Gasteiger charge is 2.34. The third-order valence-electron chi connectivity index (χ3n) is 9.99. The van der Waals surface area contributed by atoms with E-state index in [9.17, 15) is 14.7 Å². The summed E-state index contributed by atoms with van der Waals surface area (Å²) in [6.07, 6.45) is 2.56. The fourth-order valence-electron chi connectivity index (χ4n) is 7.05. The van der Waals surface area contributed by atoms with Crippen LogP contribution in [0.1, 0.15) is 78.7 Å². The summed E-state index contributed by atoms with van der Waals surface area (Å²) in [6.45, 7) is 6.27. The number of ether oxygens (including phenoxy) is 2. The highest BCUT2D eigenvalue weighted by atomic mass is 16.7. The van der Waals surface area contributed by atoms with Crippen LogP contribution < -0.4 is 5.32 Å². The fourth-order valence-corrected chi connectivity index (χ4v) is 7.05. The van der Waals surface area contributed by atoms with Crippen molar-refractivity contribution in [1.29, 1.82) is 0 Å². The van der Waals surface area contributed by atoms with Crippen molar-refractivity contribution in [2.75, 3.05) is 32.7 Å². The molecule has 0 bridgehead atoms. The van der Waals surface area contributed by atoms with Gasteiger partial charge in [0, 0.05) is 70.6 Å². The number of carboxylic acids is 1. The quantitative estimate of drug-likeness (QED) is 0.109. The highest BCUT2D eigenvalue weighted by molar-refractivity contribution is 5.76. The van der Waals surface area contributed by atoms with Gasteiger partial charge in [0.15, 0.2) is 6.29 Å². The van der Waals surface area contributed by atoms with E-state index in [1.54, 1.807) is 0 Å². The van der Waals surface area contributed by atoms with Gasteiger partial charge in [0.05, 0.1) is 18.8 Å². The number of aliphatic carboxylic acids is 1. The maximum atomic E-state index is 12.4. The Morgan fingerprint density at radius 2 is 1.38 bits per heavy atom. The van der Waals surface area contributed by atoms with E-state index in [1.807, 2.05) is 30.3 Å². The zero-order valence-corrected chi connectivity index (χ0v) is 29.9. The van der Waals surface area contributed by atoms with E-state index in [0.717, 1.165) is 85.5 Å². The van der Waals surface area contributed by atoms with E-state index < -0.39 is 12.3 Å². The lowest BCUT2D eigenvalue weighted by molar-refractivity contribution is -0.253. The first-order chi connectivity index (χ1) is 25.4. The number of nitrogens with one attached hydrogen (secondary N) is 1. The van der Waals surface area contributed by atoms with E-state index in [-0.39, 0.29) is 31.1 Å². The number of rotatable bonds is 16. The minimum Gasteiger partial charge on any atom is -0.481 e. The molecule has 3 unspecified atom stereocenters. The summed E-state index contributed by atoms with van der Waals surface area (Å²) in [7, 11) is 0. The third kappa shape index (κ3) is 11.1. The summed E-state index contributed by atoms with van der Waals surface area (Å²) in [5.74, 6) is -0.828. The number of aliphatic hydroxyl groups is 1. The van der Waals surface area contributed by atoms with Gasteiger partial charge in [-0.05, 0) is 58.4 Å². The lowest BCUT2D eigenvalue weighted by Gasteiger charge is -2.41. The molecule has 4 aromatic carbocycles. The molecule has 2 heterocycles. The molecular formula is C43H51N3O6. The first-order valence-electron chi connectivity index (χ1n) is 18.6. The molecule has 0 radical (unpaired) electrons. The number of carboxylic acid groups (broad SMARTS) is 1. The molecule has 2 saturated heterocycles. The van der Waals surface area contributed by atoms with Crippen LogP contribution in [0.15, 0.2) is 103 Å². The van der Waals surface area contributed by atoms with Crippen molar-refractivity contribution in [3.05, 3.63) is 131 Å². The monoisotopic (exact) mass is 705 g/mol. The number of unbranched alkanes of at least 4 members (excludes halogenated alkanes) is 2. The molecule has 0 aliphatic carbocycles. The topological polar surface area (TPSA) is 112 Å². The summed E-state index contributed by atoms with van der Waals surface area (Å²) in [5.41, 5.74) is 7.33. The number of nitrogens with zero attached hydrogens (tertiary/aromatic N) is 2. The molecule has 2 fully saturated rings. The first-order valence-corrected chi connectivity index (χ1v) is 18.6. The van der Waals surface area contributed by atoms with Crippen LogP contribution in [0.3, 0.4) is 0 Å². The van der Waals surface area contributed by atoms with Crippen molar-refractivity contribution < 1.29 is 29.3 Å². The number of hydrogen-bond donors (Lipinski definition) is 3. The zero-order valence-electron chi connectivity index (χ0n) is 29.9. The van der Waals surface area contributed by atoms with Crippen molar-refractivity contribution in [2.24, 2.45) is 0 Å². The summed E-state index contributed by atoms with van der Waals surface area (Å²) in [6, 6.07) is 35.2. The highest BCUT2D eigenvalue weighted by Crippen LogP contribution is 2.39. The third-order valence-corrected chi connectivity index (χ3v) is 9.99. The van der Waals surface area contributed by atoms with Crippen LogP contribution in [0.4, 0.5) is 0 Å². The van der Waals surface area contributed by atoms with Gasteiger partial charge in [0.2, 0.25) is 5.91 Å². The minimum atomic E-state index is -0.799. The van der Waals surface area contributed by atoms with E-state index in [1.165, 1.54) is 5.56 Å². The Balaban J connectivity index is 1.10. The van der Waals surface area contributed by atoms with Crippen LogP contribution in [0.5, 0.6) is 0 Å². The van der Waals surface area contributed by atoms with Crippen LogP contribution in [0.25, 0.3) is 11.1 Å². The molecule has 2 aliphatic rings. The van der Waals surface area contributed by atoms with Crippen molar-refractivity contribution in [3.8, 4) is 11.1 Å². The van der Waals surface area contributed by atoms with Gasteiger partial charge in [-0.25, -0.2) is 0 Å². The summed E-state index contributed by atoms with van der Waals surface area (Å²) < 4.78 is 13.4. The fraction of sp³-hybridized carbons (Fsp3) is 0.395. The molecule has 2 aliphatic heterocycles. The van der Waals surface area contributed by atoms with Crippen LogP contribution in [-0.4, -0.2) is 70.7 Å².